The Hall–Kier alpha value is -1.92. The molecule has 3 aliphatic heterocycles. The van der Waals surface area contributed by atoms with E-state index in [2.05, 4.69) is 86.1 Å². The maximum absolute atomic E-state index is 8.99. The summed E-state index contributed by atoms with van der Waals surface area (Å²) in [5, 5.41) is 12.4. The predicted octanol–water partition coefficient (Wildman–Crippen LogP) is 6.81. The zero-order chi connectivity index (χ0) is 29.4. The van der Waals surface area contributed by atoms with Crippen LogP contribution in [0.3, 0.4) is 0 Å². The summed E-state index contributed by atoms with van der Waals surface area (Å²) in [5.41, 5.74) is 4.96. The van der Waals surface area contributed by atoms with Crippen LogP contribution in [0.1, 0.15) is 82.2 Å². The summed E-state index contributed by atoms with van der Waals surface area (Å²) in [6.45, 7) is 23.9. The molecule has 39 heavy (non-hydrogen) atoms. The number of benzene rings is 2. The van der Waals surface area contributed by atoms with E-state index in [1.165, 1.54) is 50.0 Å². The number of fused-ring (bicyclic) bond motifs is 2. The first-order valence-electron chi connectivity index (χ1n) is 15.4. The van der Waals surface area contributed by atoms with E-state index < -0.39 is 0 Å². The monoisotopic (exact) mass is 540 g/mol. The SMILES string of the molecule is CC.CCC.CCCN1C[C@H]2CC1CN2C.Cc1cc(C)cc(O)c1.Cc1ccc(C2CNCCN2C)cc1. The van der Waals surface area contributed by atoms with Crippen LogP contribution in [0.5, 0.6) is 5.75 Å². The zero-order valence-electron chi connectivity index (χ0n) is 26.9. The molecular formula is C34H60N4O. The van der Waals surface area contributed by atoms with Crippen LogP contribution in [-0.2, 0) is 0 Å². The van der Waals surface area contributed by atoms with E-state index in [1.54, 1.807) is 12.1 Å². The quantitative estimate of drug-likeness (QED) is 0.448. The second kappa shape index (κ2) is 19.2. The van der Waals surface area contributed by atoms with Crippen LogP contribution in [0.25, 0.3) is 0 Å². The third-order valence-electron chi connectivity index (χ3n) is 7.32. The molecule has 3 saturated heterocycles. The maximum atomic E-state index is 8.99. The Bertz CT molecular complexity index is 848. The molecule has 2 unspecified atom stereocenters. The molecule has 5 heteroatoms. The number of hydrogen-bond donors (Lipinski definition) is 2. The van der Waals surface area contributed by atoms with Crippen molar-refractivity contribution in [1.82, 2.24) is 20.0 Å². The molecule has 3 aliphatic rings. The lowest BCUT2D eigenvalue weighted by Crippen LogP contribution is -2.44. The van der Waals surface area contributed by atoms with Gasteiger partial charge in [0.05, 0.1) is 0 Å². The second-order valence-corrected chi connectivity index (χ2v) is 11.1. The van der Waals surface area contributed by atoms with Crippen LogP contribution in [0, 0.1) is 20.8 Å². The zero-order valence-corrected chi connectivity index (χ0v) is 26.9. The Balaban J connectivity index is 0.000000275. The number of aryl methyl sites for hydroxylation is 3. The molecule has 222 valence electrons. The molecule has 0 saturated carbocycles. The second-order valence-electron chi connectivity index (χ2n) is 11.1. The van der Waals surface area contributed by atoms with Gasteiger partial charge in [-0.05, 0) is 83.1 Å². The molecule has 2 bridgehead atoms. The van der Waals surface area contributed by atoms with Crippen LogP contribution < -0.4 is 5.32 Å². The number of likely N-dealkylation sites (N-methyl/N-ethyl adjacent to an activating group) is 2. The molecule has 5 nitrogen and oxygen atoms in total. The number of nitrogens with zero attached hydrogens (tertiary/aromatic N) is 3. The maximum Gasteiger partial charge on any atom is 0.116 e. The normalized spacial score (nSPS) is 22.3. The van der Waals surface area contributed by atoms with Crippen molar-refractivity contribution in [3.63, 3.8) is 0 Å². The van der Waals surface area contributed by atoms with Crippen molar-refractivity contribution < 1.29 is 5.11 Å². The first-order chi connectivity index (χ1) is 18.7. The van der Waals surface area contributed by atoms with Crippen molar-refractivity contribution in [2.75, 3.05) is 53.4 Å². The smallest absolute Gasteiger partial charge is 0.116 e. The van der Waals surface area contributed by atoms with Gasteiger partial charge in [-0.2, -0.15) is 0 Å². The minimum absolute atomic E-state index is 0.354. The lowest BCUT2D eigenvalue weighted by Gasteiger charge is -2.33. The summed E-state index contributed by atoms with van der Waals surface area (Å²) in [7, 11) is 4.46. The molecule has 0 aliphatic carbocycles. The summed E-state index contributed by atoms with van der Waals surface area (Å²) in [4.78, 5) is 7.59. The molecule has 2 aromatic rings. The van der Waals surface area contributed by atoms with E-state index in [1.807, 2.05) is 33.8 Å². The van der Waals surface area contributed by atoms with E-state index >= 15 is 0 Å². The standard InChI is InChI=1S/C12H18N2.C9H18N2.C8H10O.C3H8.C2H6/c1-10-3-5-11(6-4-10)12-9-13-7-8-14(12)2;1-3-4-11-7-8-5-9(11)6-10(8)2;1-6-3-7(2)5-8(9)4-6;1-3-2;1-2/h3-6,12-13H,7-9H2,1-2H3;8-9H,3-7H2,1-2H3;3-5,9H,1-2H3;3H2,1-2H3;1-2H3/t;8-,9?;;;/m.1.../s1. The minimum Gasteiger partial charge on any atom is -0.508 e. The highest BCUT2D eigenvalue weighted by Crippen LogP contribution is 2.29. The van der Waals surface area contributed by atoms with E-state index in [0.29, 0.717) is 11.8 Å². The van der Waals surface area contributed by atoms with Gasteiger partial charge in [0.2, 0.25) is 0 Å². The minimum atomic E-state index is 0.354. The highest BCUT2D eigenvalue weighted by molar-refractivity contribution is 5.31. The van der Waals surface area contributed by atoms with Crippen LogP contribution in [0.15, 0.2) is 42.5 Å². The van der Waals surface area contributed by atoms with Gasteiger partial charge in [-0.15, -0.1) is 0 Å². The number of hydrogen-bond acceptors (Lipinski definition) is 5. The van der Waals surface area contributed by atoms with Gasteiger partial charge in [0.15, 0.2) is 0 Å². The molecule has 3 fully saturated rings. The molecular weight excluding hydrogens is 480 g/mol. The first kappa shape index (κ1) is 35.1. The van der Waals surface area contributed by atoms with Crippen molar-refractivity contribution in [2.45, 2.75) is 92.8 Å². The molecule has 3 atom stereocenters. The van der Waals surface area contributed by atoms with E-state index in [0.717, 1.165) is 42.8 Å². The Morgan fingerprint density at radius 3 is 1.85 bits per heavy atom. The molecule has 0 aromatic heterocycles. The van der Waals surface area contributed by atoms with Crippen molar-refractivity contribution in [3.8, 4) is 5.75 Å². The molecule has 2 N–H and O–H groups in total. The molecule has 2 aromatic carbocycles. The molecule has 3 heterocycles. The average Bonchev–Trinajstić information content (AvgIpc) is 3.46. The van der Waals surface area contributed by atoms with Crippen LogP contribution >= 0.6 is 0 Å². The number of likely N-dealkylation sites (tertiary alicyclic amines) is 2. The third kappa shape index (κ3) is 12.4. The largest absolute Gasteiger partial charge is 0.508 e. The van der Waals surface area contributed by atoms with Gasteiger partial charge >= 0.3 is 0 Å². The van der Waals surface area contributed by atoms with Crippen LogP contribution in [-0.4, -0.2) is 85.3 Å². The number of nitrogens with one attached hydrogen (secondary N) is 1. The average molecular weight is 541 g/mol. The summed E-state index contributed by atoms with van der Waals surface area (Å²) in [6.07, 6.45) is 3.99. The highest BCUT2D eigenvalue weighted by Gasteiger charge is 2.40. The summed E-state index contributed by atoms with van der Waals surface area (Å²) in [5.74, 6) is 0.354. The molecule has 0 amide bonds. The van der Waals surface area contributed by atoms with Gasteiger partial charge in [-0.3, -0.25) is 9.80 Å². The summed E-state index contributed by atoms with van der Waals surface area (Å²) >= 11 is 0. The van der Waals surface area contributed by atoms with Gasteiger partial charge in [0.1, 0.15) is 5.75 Å². The first-order valence-corrected chi connectivity index (χ1v) is 15.4. The molecule has 5 rings (SSSR count). The highest BCUT2D eigenvalue weighted by atomic mass is 16.3. The van der Waals surface area contributed by atoms with E-state index in [4.69, 9.17) is 5.11 Å². The number of rotatable bonds is 3. The van der Waals surface area contributed by atoms with Crippen molar-refractivity contribution in [3.05, 3.63) is 64.7 Å². The van der Waals surface area contributed by atoms with Crippen LogP contribution in [0.4, 0.5) is 0 Å². The Morgan fingerprint density at radius 1 is 0.821 bits per heavy atom. The molecule has 0 spiro atoms. The molecule has 0 radical (unpaired) electrons. The van der Waals surface area contributed by atoms with Crippen molar-refractivity contribution >= 4 is 0 Å². The van der Waals surface area contributed by atoms with Gasteiger partial charge in [0.25, 0.3) is 0 Å². The van der Waals surface area contributed by atoms with Crippen molar-refractivity contribution in [1.29, 1.82) is 0 Å². The lowest BCUT2D eigenvalue weighted by molar-refractivity contribution is 0.150. The topological polar surface area (TPSA) is 42.0 Å². The van der Waals surface area contributed by atoms with Crippen LogP contribution in [0.2, 0.25) is 0 Å². The fourth-order valence-corrected chi connectivity index (χ4v) is 5.43. The Kier molecular flexibility index (Phi) is 17.3. The lowest BCUT2D eigenvalue weighted by atomic mass is 10.0. The van der Waals surface area contributed by atoms with Gasteiger partial charge in [0, 0.05) is 50.8 Å². The number of aromatic hydroxyl groups is 1. The third-order valence-corrected chi connectivity index (χ3v) is 7.32. The van der Waals surface area contributed by atoms with E-state index in [-0.39, 0.29) is 0 Å². The number of piperazine rings is 2. The summed E-state index contributed by atoms with van der Waals surface area (Å²) in [6, 6.07) is 16.7. The van der Waals surface area contributed by atoms with Gasteiger partial charge in [-0.25, -0.2) is 0 Å². The Morgan fingerprint density at radius 2 is 1.41 bits per heavy atom. The van der Waals surface area contributed by atoms with Gasteiger partial charge in [-0.1, -0.05) is 76.9 Å². The van der Waals surface area contributed by atoms with E-state index in [9.17, 15) is 0 Å². The fraction of sp³-hybridized carbons (Fsp3) is 0.647. The summed E-state index contributed by atoms with van der Waals surface area (Å²) < 4.78 is 0. The predicted molar refractivity (Wildman–Crippen MR) is 171 cm³/mol. The van der Waals surface area contributed by atoms with Crippen molar-refractivity contribution in [2.24, 2.45) is 0 Å². The Labute approximate surface area is 241 Å². The number of phenols is 1. The van der Waals surface area contributed by atoms with Gasteiger partial charge < -0.3 is 15.3 Å². The fourth-order valence-electron chi connectivity index (χ4n) is 5.43. The number of phenolic OH excluding ortho intramolecular Hbond substituents is 1.